The van der Waals surface area contributed by atoms with Gasteiger partial charge in [-0.05, 0) is 68.5 Å². The predicted octanol–water partition coefficient (Wildman–Crippen LogP) is 2.84. The lowest BCUT2D eigenvalue weighted by Crippen LogP contribution is -2.40. The van der Waals surface area contributed by atoms with Gasteiger partial charge in [-0.15, -0.1) is 0 Å². The second-order valence-electron chi connectivity index (χ2n) is 9.02. The molecule has 37 heavy (non-hydrogen) atoms. The van der Waals surface area contributed by atoms with Crippen molar-refractivity contribution >= 4 is 45.7 Å². The Hall–Kier alpha value is -3.94. The van der Waals surface area contributed by atoms with Gasteiger partial charge in [0, 0.05) is 30.9 Å². The van der Waals surface area contributed by atoms with E-state index < -0.39 is 23.5 Å². The fourth-order valence-corrected chi connectivity index (χ4v) is 4.28. The average molecular weight is 524 g/mol. The zero-order valence-electron chi connectivity index (χ0n) is 20.2. The number of benzene rings is 2. The summed E-state index contributed by atoms with van der Waals surface area (Å²) in [5, 5.41) is 24.9. The van der Waals surface area contributed by atoms with Crippen LogP contribution < -0.4 is 21.9 Å². The van der Waals surface area contributed by atoms with Crippen molar-refractivity contribution in [1.29, 1.82) is 5.26 Å². The largest absolute Gasteiger partial charge is 0.383 e. The van der Waals surface area contributed by atoms with E-state index >= 15 is 0 Å². The van der Waals surface area contributed by atoms with E-state index in [2.05, 4.69) is 10.6 Å². The second kappa shape index (κ2) is 11.0. The van der Waals surface area contributed by atoms with Crippen molar-refractivity contribution < 1.29 is 14.7 Å². The Balaban J connectivity index is 1.42. The number of aliphatic hydroxyl groups is 1. The molecule has 0 radical (unpaired) electrons. The molecule has 192 valence electrons. The number of fused-ring (bicyclic) bond motifs is 1. The molecule has 3 aromatic rings. The number of hydrogen-bond acceptors (Lipinski definition) is 6. The third-order valence-corrected chi connectivity index (χ3v) is 6.58. The van der Waals surface area contributed by atoms with Crippen molar-refractivity contribution in [2.75, 3.05) is 10.6 Å². The first-order valence-electron chi connectivity index (χ1n) is 12.0. The summed E-state index contributed by atoms with van der Waals surface area (Å²) >= 11 is 5.96. The first kappa shape index (κ1) is 26.1. The minimum absolute atomic E-state index is 0.140. The lowest BCUT2D eigenvalue weighted by molar-refractivity contribution is -0.125. The summed E-state index contributed by atoms with van der Waals surface area (Å²) < 4.78 is 2.78. The monoisotopic (exact) mass is 523 g/mol. The maximum atomic E-state index is 13.1. The molecule has 1 fully saturated rings. The third-order valence-electron chi connectivity index (χ3n) is 6.27. The van der Waals surface area contributed by atoms with Gasteiger partial charge in [-0.1, -0.05) is 11.6 Å². The first-order chi connectivity index (χ1) is 17.7. The number of aliphatic hydroxyl groups excluding tert-OH is 1. The van der Waals surface area contributed by atoms with Crippen LogP contribution in [0.2, 0.25) is 5.02 Å². The van der Waals surface area contributed by atoms with Crippen molar-refractivity contribution in [1.82, 2.24) is 9.13 Å². The Labute approximate surface area is 217 Å². The van der Waals surface area contributed by atoms with Crippen molar-refractivity contribution in [3.05, 3.63) is 67.8 Å². The van der Waals surface area contributed by atoms with E-state index in [0.717, 1.165) is 12.8 Å². The lowest BCUT2D eigenvalue weighted by atomic mass is 10.1. The molecule has 1 heterocycles. The van der Waals surface area contributed by atoms with Crippen LogP contribution in [0.1, 0.15) is 38.2 Å². The van der Waals surface area contributed by atoms with Gasteiger partial charge in [0.05, 0.1) is 21.5 Å². The molecule has 11 heteroatoms. The van der Waals surface area contributed by atoms with Crippen molar-refractivity contribution in [2.24, 2.45) is 5.92 Å². The van der Waals surface area contributed by atoms with Crippen LogP contribution in [-0.2, 0) is 22.7 Å². The number of nitriles is 1. The number of carbonyl (C=O) groups is 2. The number of aryl methyl sites for hydroxylation is 1. The van der Waals surface area contributed by atoms with Gasteiger partial charge >= 0.3 is 5.69 Å². The van der Waals surface area contributed by atoms with Gasteiger partial charge in [0.25, 0.3) is 11.5 Å². The highest BCUT2D eigenvalue weighted by atomic mass is 35.5. The van der Waals surface area contributed by atoms with Crippen LogP contribution in [0.5, 0.6) is 0 Å². The molecule has 1 aromatic heterocycles. The lowest BCUT2D eigenvalue weighted by Gasteiger charge is -2.15. The zero-order valence-corrected chi connectivity index (χ0v) is 20.9. The zero-order chi connectivity index (χ0) is 26.7. The number of aromatic nitrogens is 2. The Morgan fingerprint density at radius 1 is 1.14 bits per heavy atom. The summed E-state index contributed by atoms with van der Waals surface area (Å²) in [6.07, 6.45) is 0.228. The number of anilines is 2. The molecule has 0 spiro atoms. The number of amides is 2. The van der Waals surface area contributed by atoms with Crippen LogP contribution >= 0.6 is 11.6 Å². The van der Waals surface area contributed by atoms with Gasteiger partial charge in [-0.2, -0.15) is 5.26 Å². The standard InChI is InChI=1S/C26H26ClN5O5/c1-2-31-21-8-7-17(11-19(21)25(36)32(26(31)37)14-15-3-4-15)30-24(35)22(33)9-10-23(34)29-18-6-5-16(13-28)20(27)12-18/h5-8,11-12,15,22,33H,2-4,9-10,14H2,1H3,(H,29,34)(H,30,35)/t22-/m1/s1. The SMILES string of the molecule is CCn1c(=O)n(CC2CC2)c(=O)c2cc(NC(=O)[C@H](O)CCC(=O)Nc3ccc(C#N)c(Cl)c3)ccc21. The smallest absolute Gasteiger partial charge is 0.331 e. The van der Waals surface area contributed by atoms with Gasteiger partial charge in [0.2, 0.25) is 5.91 Å². The molecular formula is C26H26ClN5O5. The van der Waals surface area contributed by atoms with E-state index in [4.69, 9.17) is 16.9 Å². The van der Waals surface area contributed by atoms with Gasteiger partial charge in [0.15, 0.2) is 0 Å². The topological polar surface area (TPSA) is 146 Å². The first-order valence-corrected chi connectivity index (χ1v) is 12.4. The van der Waals surface area contributed by atoms with Crippen molar-refractivity contribution in [3.8, 4) is 6.07 Å². The molecular weight excluding hydrogens is 498 g/mol. The number of hydrogen-bond donors (Lipinski definition) is 3. The molecule has 1 atom stereocenters. The van der Waals surface area contributed by atoms with E-state index in [1.54, 1.807) is 12.1 Å². The van der Waals surface area contributed by atoms with Crippen LogP contribution in [0.15, 0.2) is 46.0 Å². The molecule has 0 bridgehead atoms. The predicted molar refractivity (Wildman–Crippen MR) is 140 cm³/mol. The van der Waals surface area contributed by atoms with Crippen LogP contribution in [0.4, 0.5) is 11.4 Å². The quantitative estimate of drug-likeness (QED) is 0.393. The maximum absolute atomic E-state index is 13.1. The molecule has 2 aromatic carbocycles. The molecule has 2 amide bonds. The molecule has 1 saturated carbocycles. The fourth-order valence-electron chi connectivity index (χ4n) is 4.06. The number of rotatable bonds is 9. The van der Waals surface area contributed by atoms with Crippen LogP contribution in [0, 0.1) is 17.2 Å². The van der Waals surface area contributed by atoms with E-state index in [0.29, 0.717) is 41.3 Å². The van der Waals surface area contributed by atoms with Crippen molar-refractivity contribution in [2.45, 2.75) is 51.8 Å². The average Bonchev–Trinajstić information content (AvgIpc) is 3.70. The summed E-state index contributed by atoms with van der Waals surface area (Å²) in [5.41, 5.74) is 0.683. The Kier molecular flexibility index (Phi) is 7.76. The van der Waals surface area contributed by atoms with Crippen LogP contribution in [0.25, 0.3) is 10.9 Å². The molecule has 0 saturated heterocycles. The van der Waals surface area contributed by atoms with Crippen LogP contribution in [-0.4, -0.2) is 32.2 Å². The number of carbonyl (C=O) groups excluding carboxylic acids is 2. The van der Waals surface area contributed by atoms with E-state index in [1.165, 1.54) is 33.4 Å². The van der Waals surface area contributed by atoms with Gasteiger partial charge in [0.1, 0.15) is 12.2 Å². The van der Waals surface area contributed by atoms with Gasteiger partial charge < -0.3 is 15.7 Å². The molecule has 0 aliphatic heterocycles. The number of nitrogens with zero attached hydrogens (tertiary/aromatic N) is 3. The fraction of sp³-hybridized carbons (Fsp3) is 0.346. The molecule has 10 nitrogen and oxygen atoms in total. The van der Waals surface area contributed by atoms with Crippen molar-refractivity contribution in [3.63, 3.8) is 0 Å². The minimum Gasteiger partial charge on any atom is -0.383 e. The highest BCUT2D eigenvalue weighted by Crippen LogP contribution is 2.30. The molecule has 4 rings (SSSR count). The highest BCUT2D eigenvalue weighted by Gasteiger charge is 2.25. The number of nitrogens with one attached hydrogen (secondary N) is 2. The Morgan fingerprint density at radius 2 is 1.84 bits per heavy atom. The summed E-state index contributed by atoms with van der Waals surface area (Å²) in [5.74, 6) is -0.833. The van der Waals surface area contributed by atoms with E-state index in [9.17, 15) is 24.3 Å². The summed E-state index contributed by atoms with van der Waals surface area (Å²) in [4.78, 5) is 50.6. The maximum Gasteiger partial charge on any atom is 0.331 e. The summed E-state index contributed by atoms with van der Waals surface area (Å²) in [6, 6.07) is 11.0. The summed E-state index contributed by atoms with van der Waals surface area (Å²) in [6.45, 7) is 2.59. The minimum atomic E-state index is -1.47. The normalized spacial score (nSPS) is 13.7. The van der Waals surface area contributed by atoms with Gasteiger partial charge in [-0.25, -0.2) is 4.79 Å². The van der Waals surface area contributed by atoms with Gasteiger partial charge in [-0.3, -0.25) is 23.5 Å². The summed E-state index contributed by atoms with van der Waals surface area (Å²) in [7, 11) is 0. The molecule has 1 aliphatic rings. The van der Waals surface area contributed by atoms with E-state index in [-0.39, 0.29) is 29.1 Å². The molecule has 0 unspecified atom stereocenters. The Bertz CT molecular complexity index is 1530. The Morgan fingerprint density at radius 3 is 2.49 bits per heavy atom. The number of halogens is 1. The third kappa shape index (κ3) is 5.90. The second-order valence-corrected chi connectivity index (χ2v) is 9.42. The van der Waals surface area contributed by atoms with Crippen LogP contribution in [0.3, 0.4) is 0 Å². The molecule has 1 aliphatic carbocycles. The molecule has 3 N–H and O–H groups in total. The van der Waals surface area contributed by atoms with E-state index in [1.807, 2.05) is 13.0 Å². The highest BCUT2D eigenvalue weighted by molar-refractivity contribution is 6.32.